The van der Waals surface area contributed by atoms with Crippen molar-refractivity contribution < 1.29 is 4.42 Å². The van der Waals surface area contributed by atoms with E-state index in [2.05, 4.69) is 37.4 Å². The van der Waals surface area contributed by atoms with Gasteiger partial charge in [0, 0.05) is 5.39 Å². The van der Waals surface area contributed by atoms with Crippen molar-refractivity contribution in [2.24, 2.45) is 0 Å². The van der Waals surface area contributed by atoms with E-state index >= 15 is 0 Å². The molecule has 0 saturated carbocycles. The summed E-state index contributed by atoms with van der Waals surface area (Å²) < 4.78 is 5.92. The normalized spacial score (nSPS) is 13.0. The Hall–Kier alpha value is -1.28. The van der Waals surface area contributed by atoms with Gasteiger partial charge in [-0.05, 0) is 31.5 Å². The van der Waals surface area contributed by atoms with Crippen LogP contribution in [0.15, 0.2) is 34.7 Å². The third-order valence-corrected chi connectivity index (χ3v) is 3.37. The number of rotatable bonds is 7. The van der Waals surface area contributed by atoms with Gasteiger partial charge in [-0.15, -0.1) is 0 Å². The first-order valence-electron chi connectivity index (χ1n) is 7.07. The largest absolute Gasteiger partial charge is 0.459 e. The summed E-state index contributed by atoms with van der Waals surface area (Å²) in [6.45, 7) is 5.50. The van der Waals surface area contributed by atoms with Crippen LogP contribution < -0.4 is 5.32 Å². The zero-order valence-electron chi connectivity index (χ0n) is 11.4. The summed E-state index contributed by atoms with van der Waals surface area (Å²) in [5.74, 6) is 1.06. The van der Waals surface area contributed by atoms with Crippen LogP contribution in [0, 0.1) is 0 Å². The molecule has 1 N–H and O–H groups in total. The highest BCUT2D eigenvalue weighted by atomic mass is 16.3. The van der Waals surface area contributed by atoms with Crippen molar-refractivity contribution in [1.82, 2.24) is 5.32 Å². The zero-order valence-corrected chi connectivity index (χ0v) is 11.4. The Morgan fingerprint density at radius 1 is 1.17 bits per heavy atom. The molecule has 0 fully saturated rings. The lowest BCUT2D eigenvalue weighted by Crippen LogP contribution is -2.21. The van der Waals surface area contributed by atoms with E-state index in [4.69, 9.17) is 4.42 Å². The van der Waals surface area contributed by atoms with Crippen LogP contribution in [0.1, 0.15) is 51.3 Å². The molecule has 98 valence electrons. The lowest BCUT2D eigenvalue weighted by atomic mass is 10.1. The Morgan fingerprint density at radius 3 is 2.72 bits per heavy atom. The molecule has 1 atom stereocenters. The van der Waals surface area contributed by atoms with Crippen LogP contribution >= 0.6 is 0 Å². The number of hydrogen-bond donors (Lipinski definition) is 1. The fraction of sp³-hybridized carbons (Fsp3) is 0.500. The van der Waals surface area contributed by atoms with Gasteiger partial charge in [0.15, 0.2) is 0 Å². The molecule has 1 heterocycles. The fourth-order valence-electron chi connectivity index (χ4n) is 2.27. The number of hydrogen-bond acceptors (Lipinski definition) is 2. The predicted octanol–water partition coefficient (Wildman–Crippen LogP) is 4.66. The second kappa shape index (κ2) is 6.60. The van der Waals surface area contributed by atoms with Gasteiger partial charge in [0.1, 0.15) is 11.3 Å². The molecule has 1 unspecified atom stereocenters. The average Bonchev–Trinajstić information content (AvgIpc) is 2.82. The first-order valence-corrected chi connectivity index (χ1v) is 7.07. The first-order chi connectivity index (χ1) is 8.85. The quantitative estimate of drug-likeness (QED) is 0.717. The lowest BCUT2D eigenvalue weighted by molar-refractivity contribution is 0.416. The van der Waals surface area contributed by atoms with Crippen molar-refractivity contribution in [2.75, 3.05) is 6.54 Å². The van der Waals surface area contributed by atoms with E-state index in [0.717, 1.165) is 24.3 Å². The van der Waals surface area contributed by atoms with Gasteiger partial charge in [-0.3, -0.25) is 0 Å². The van der Waals surface area contributed by atoms with Crippen LogP contribution in [0.3, 0.4) is 0 Å². The van der Waals surface area contributed by atoms with Gasteiger partial charge in [-0.2, -0.15) is 0 Å². The Bertz CT molecular complexity index is 442. The highest BCUT2D eigenvalue weighted by Gasteiger charge is 2.13. The Balaban J connectivity index is 2.02. The van der Waals surface area contributed by atoms with E-state index in [9.17, 15) is 0 Å². The summed E-state index contributed by atoms with van der Waals surface area (Å²) in [7, 11) is 0. The summed E-state index contributed by atoms with van der Waals surface area (Å²) in [6.07, 6.45) is 4.87. The van der Waals surface area contributed by atoms with Crippen LogP contribution in [-0.2, 0) is 0 Å². The number of para-hydroxylation sites is 1. The minimum absolute atomic E-state index is 0.342. The molecule has 0 amide bonds. The molecule has 1 aromatic carbocycles. The molecule has 0 aliphatic carbocycles. The summed E-state index contributed by atoms with van der Waals surface area (Å²) in [5.41, 5.74) is 0.987. The Labute approximate surface area is 109 Å². The van der Waals surface area contributed by atoms with Crippen LogP contribution in [0.2, 0.25) is 0 Å². The third-order valence-electron chi connectivity index (χ3n) is 3.37. The minimum atomic E-state index is 0.342. The molecular formula is C16H23NO. The molecule has 18 heavy (non-hydrogen) atoms. The van der Waals surface area contributed by atoms with E-state index in [0.29, 0.717) is 6.04 Å². The molecule has 0 aliphatic rings. The van der Waals surface area contributed by atoms with E-state index in [1.165, 1.54) is 24.6 Å². The van der Waals surface area contributed by atoms with E-state index in [1.54, 1.807) is 0 Å². The maximum Gasteiger partial charge on any atom is 0.134 e. The molecule has 0 spiro atoms. The van der Waals surface area contributed by atoms with Crippen molar-refractivity contribution in [3.05, 3.63) is 36.1 Å². The Kier molecular flexibility index (Phi) is 4.82. The highest BCUT2D eigenvalue weighted by Crippen LogP contribution is 2.25. The van der Waals surface area contributed by atoms with Gasteiger partial charge < -0.3 is 9.73 Å². The predicted molar refractivity (Wildman–Crippen MR) is 76.8 cm³/mol. The molecule has 0 bridgehead atoms. The molecular weight excluding hydrogens is 222 g/mol. The Morgan fingerprint density at radius 2 is 2.00 bits per heavy atom. The van der Waals surface area contributed by atoms with Gasteiger partial charge in [0.25, 0.3) is 0 Å². The average molecular weight is 245 g/mol. The zero-order chi connectivity index (χ0) is 12.8. The standard InChI is InChI=1S/C16H23NO/c1-3-5-8-11-17-14(4-2)16-12-13-9-6-7-10-15(13)18-16/h6-7,9-10,12,14,17H,3-5,8,11H2,1-2H3. The monoisotopic (exact) mass is 245 g/mol. The number of furan rings is 1. The van der Waals surface area contributed by atoms with Gasteiger partial charge in [-0.1, -0.05) is 44.9 Å². The SMILES string of the molecule is CCCCCNC(CC)c1cc2ccccc2o1. The summed E-state index contributed by atoms with van der Waals surface area (Å²) in [4.78, 5) is 0. The third kappa shape index (κ3) is 3.14. The van der Waals surface area contributed by atoms with E-state index in [-0.39, 0.29) is 0 Å². The van der Waals surface area contributed by atoms with Crippen molar-refractivity contribution in [3.63, 3.8) is 0 Å². The molecule has 2 heteroatoms. The number of fused-ring (bicyclic) bond motifs is 1. The second-order valence-electron chi connectivity index (χ2n) is 4.81. The minimum Gasteiger partial charge on any atom is -0.459 e. The molecule has 0 saturated heterocycles. The van der Waals surface area contributed by atoms with Gasteiger partial charge >= 0.3 is 0 Å². The smallest absolute Gasteiger partial charge is 0.134 e. The maximum absolute atomic E-state index is 5.92. The van der Waals surface area contributed by atoms with Gasteiger partial charge in [0.2, 0.25) is 0 Å². The van der Waals surface area contributed by atoms with E-state index < -0.39 is 0 Å². The number of nitrogens with one attached hydrogen (secondary N) is 1. The van der Waals surface area contributed by atoms with Crippen LogP contribution in [0.25, 0.3) is 11.0 Å². The number of unbranched alkanes of at least 4 members (excludes halogenated alkanes) is 2. The topological polar surface area (TPSA) is 25.2 Å². The number of benzene rings is 1. The molecule has 1 aromatic heterocycles. The molecule has 2 nitrogen and oxygen atoms in total. The molecule has 2 aromatic rings. The first kappa shape index (κ1) is 13.2. The molecule has 0 radical (unpaired) electrons. The summed E-state index contributed by atoms with van der Waals surface area (Å²) >= 11 is 0. The second-order valence-corrected chi connectivity index (χ2v) is 4.81. The van der Waals surface area contributed by atoms with E-state index in [1.807, 2.05) is 12.1 Å². The van der Waals surface area contributed by atoms with Crippen molar-refractivity contribution in [3.8, 4) is 0 Å². The van der Waals surface area contributed by atoms with Crippen LogP contribution in [-0.4, -0.2) is 6.54 Å². The summed E-state index contributed by atoms with van der Waals surface area (Å²) in [5, 5.41) is 4.78. The summed E-state index contributed by atoms with van der Waals surface area (Å²) in [6, 6.07) is 10.7. The van der Waals surface area contributed by atoms with Crippen molar-refractivity contribution >= 4 is 11.0 Å². The fourth-order valence-corrected chi connectivity index (χ4v) is 2.27. The van der Waals surface area contributed by atoms with Gasteiger partial charge in [-0.25, -0.2) is 0 Å². The van der Waals surface area contributed by atoms with Gasteiger partial charge in [0.05, 0.1) is 6.04 Å². The lowest BCUT2D eigenvalue weighted by Gasteiger charge is -2.14. The molecule has 0 aliphatic heterocycles. The molecule has 2 rings (SSSR count). The van der Waals surface area contributed by atoms with Crippen LogP contribution in [0.4, 0.5) is 0 Å². The maximum atomic E-state index is 5.92. The van der Waals surface area contributed by atoms with Crippen LogP contribution in [0.5, 0.6) is 0 Å². The van der Waals surface area contributed by atoms with Crippen molar-refractivity contribution in [2.45, 2.75) is 45.6 Å². The van der Waals surface area contributed by atoms with Crippen molar-refractivity contribution in [1.29, 1.82) is 0 Å². The highest BCUT2D eigenvalue weighted by molar-refractivity contribution is 5.77.